The maximum absolute atomic E-state index is 11.7. The largest absolute Gasteiger partial charge is 0.315 e. The van der Waals surface area contributed by atoms with E-state index in [1.165, 1.54) is 5.56 Å². The van der Waals surface area contributed by atoms with Crippen molar-refractivity contribution in [3.63, 3.8) is 0 Å². The summed E-state index contributed by atoms with van der Waals surface area (Å²) in [4.78, 5) is 13.4. The monoisotopic (exact) mass is 266 g/mol. The number of carbonyl (C=O) groups excluding carboxylic acids is 1. The lowest BCUT2D eigenvalue weighted by Crippen LogP contribution is -2.32. The van der Waals surface area contributed by atoms with E-state index in [4.69, 9.17) is 11.6 Å². The van der Waals surface area contributed by atoms with Gasteiger partial charge in [0.25, 0.3) is 0 Å². The number of nitrogens with one attached hydrogen (secondary N) is 1. The average Bonchev–Trinajstić information content (AvgIpc) is 2.62. The molecule has 0 radical (unpaired) electrons. The van der Waals surface area contributed by atoms with Crippen LogP contribution in [0.3, 0.4) is 0 Å². The summed E-state index contributed by atoms with van der Waals surface area (Å²) in [6.07, 6.45) is 0.513. The van der Waals surface area contributed by atoms with E-state index >= 15 is 0 Å². The maximum Gasteiger partial charge on any atom is 0.231 e. The minimum atomic E-state index is 0.00806. The van der Waals surface area contributed by atoms with Crippen LogP contribution in [0, 0.1) is 0 Å². The second-order valence-corrected chi connectivity index (χ2v) is 5.68. The Bertz CT molecular complexity index is 471. The lowest BCUT2D eigenvalue weighted by molar-refractivity contribution is -0.117. The number of likely N-dealkylation sites (N-methyl/N-ethyl adjacent to an activating group) is 1. The number of fused-ring (bicyclic) bond motifs is 1. The Hall–Kier alpha value is -1.06. The third-order valence-electron chi connectivity index (χ3n) is 3.60. The molecule has 1 heterocycles. The van der Waals surface area contributed by atoms with E-state index in [0.717, 1.165) is 17.8 Å². The highest BCUT2D eigenvalue weighted by Crippen LogP contribution is 2.32. The number of nitrogens with zero attached hydrogens (tertiary/aromatic N) is 1. The summed E-state index contributed by atoms with van der Waals surface area (Å²) in [7, 11) is 1.83. The molecule has 1 aromatic rings. The molecular formula is C14H19ClN2O. The van der Waals surface area contributed by atoms with Crippen molar-refractivity contribution in [2.45, 2.75) is 25.7 Å². The summed E-state index contributed by atoms with van der Waals surface area (Å²) in [5.41, 5.74) is 3.40. The van der Waals surface area contributed by atoms with Gasteiger partial charge in [0, 0.05) is 24.7 Å². The minimum Gasteiger partial charge on any atom is -0.315 e. The molecule has 0 fully saturated rings. The molecule has 0 bridgehead atoms. The Morgan fingerprint density at radius 3 is 2.83 bits per heavy atom. The third kappa shape index (κ3) is 2.38. The van der Waals surface area contributed by atoms with Crippen LogP contribution in [0.4, 0.5) is 5.69 Å². The van der Waals surface area contributed by atoms with E-state index in [0.29, 0.717) is 12.4 Å². The molecule has 4 heteroatoms. The van der Waals surface area contributed by atoms with Crippen molar-refractivity contribution in [3.8, 4) is 0 Å². The van der Waals surface area contributed by atoms with E-state index in [9.17, 15) is 4.79 Å². The molecule has 18 heavy (non-hydrogen) atoms. The fraction of sp³-hybridized carbons (Fsp3) is 0.500. The summed E-state index contributed by atoms with van der Waals surface area (Å²) in [5, 5.41) is 3.16. The normalized spacial score (nSPS) is 15.1. The van der Waals surface area contributed by atoms with E-state index in [-0.39, 0.29) is 11.3 Å². The van der Waals surface area contributed by atoms with Crippen LogP contribution in [0.15, 0.2) is 18.2 Å². The van der Waals surface area contributed by atoms with E-state index < -0.39 is 0 Å². The zero-order valence-electron chi connectivity index (χ0n) is 11.1. The van der Waals surface area contributed by atoms with Crippen molar-refractivity contribution >= 4 is 23.2 Å². The van der Waals surface area contributed by atoms with Gasteiger partial charge in [-0.05, 0) is 17.2 Å². The molecule has 98 valence electrons. The molecule has 1 N–H and O–H groups in total. The summed E-state index contributed by atoms with van der Waals surface area (Å²) in [5.74, 6) is 0.166. The Labute approximate surface area is 113 Å². The van der Waals surface area contributed by atoms with Gasteiger partial charge < -0.3 is 10.2 Å². The van der Waals surface area contributed by atoms with Gasteiger partial charge in [-0.15, -0.1) is 11.6 Å². The first kappa shape index (κ1) is 13.4. The SMILES string of the molecule is CN1C(=O)Cc2cc(C(C)(C)CNCCl)ccc21. The van der Waals surface area contributed by atoms with Gasteiger partial charge in [0.15, 0.2) is 0 Å². The molecule has 0 unspecified atom stereocenters. The quantitative estimate of drug-likeness (QED) is 0.670. The Balaban J connectivity index is 2.28. The van der Waals surface area contributed by atoms with Crippen molar-refractivity contribution in [3.05, 3.63) is 29.3 Å². The van der Waals surface area contributed by atoms with Gasteiger partial charge >= 0.3 is 0 Å². The molecule has 0 spiro atoms. The third-order valence-corrected chi connectivity index (χ3v) is 3.79. The predicted octanol–water partition coefficient (Wildman–Crippen LogP) is 2.27. The minimum absolute atomic E-state index is 0.00806. The van der Waals surface area contributed by atoms with Crippen LogP contribution < -0.4 is 10.2 Å². The van der Waals surface area contributed by atoms with Crippen LogP contribution in [0.2, 0.25) is 0 Å². The highest BCUT2D eigenvalue weighted by molar-refractivity contribution is 6.17. The van der Waals surface area contributed by atoms with Gasteiger partial charge in [0.05, 0.1) is 12.4 Å². The van der Waals surface area contributed by atoms with Crippen LogP contribution in [0.1, 0.15) is 25.0 Å². The molecule has 0 aliphatic carbocycles. The van der Waals surface area contributed by atoms with Gasteiger partial charge in [-0.2, -0.15) is 0 Å². The lowest BCUT2D eigenvalue weighted by atomic mass is 9.83. The molecule has 1 aromatic carbocycles. The number of alkyl halides is 1. The highest BCUT2D eigenvalue weighted by atomic mass is 35.5. The number of halogens is 1. The zero-order valence-corrected chi connectivity index (χ0v) is 11.8. The van der Waals surface area contributed by atoms with Crippen molar-refractivity contribution in [2.75, 3.05) is 24.5 Å². The lowest BCUT2D eigenvalue weighted by Gasteiger charge is -2.26. The summed E-state index contributed by atoms with van der Waals surface area (Å²) in [6, 6.07) is 6.74. The van der Waals surface area contributed by atoms with E-state index in [1.807, 2.05) is 13.1 Å². The first-order valence-electron chi connectivity index (χ1n) is 6.12. The summed E-state index contributed by atoms with van der Waals surface area (Å²) < 4.78 is 0. The standard InChI is InChI=1S/C14H19ClN2O/c1-14(2,8-16-9-15)11-4-5-12-10(6-11)7-13(18)17(12)3/h4-6,16H,7-9H2,1-3H3. The molecule has 0 aromatic heterocycles. The second-order valence-electron chi connectivity index (χ2n) is 5.42. The van der Waals surface area contributed by atoms with E-state index in [1.54, 1.807) is 4.90 Å². The van der Waals surface area contributed by atoms with Crippen LogP contribution in [0.25, 0.3) is 0 Å². The Kier molecular flexibility index (Phi) is 3.64. The highest BCUT2D eigenvalue weighted by Gasteiger charge is 2.27. The fourth-order valence-corrected chi connectivity index (χ4v) is 2.45. The molecule has 3 nitrogen and oxygen atoms in total. The molecular weight excluding hydrogens is 248 g/mol. The number of benzene rings is 1. The molecule has 1 aliphatic rings. The number of rotatable bonds is 4. The zero-order chi connectivity index (χ0) is 13.3. The maximum atomic E-state index is 11.7. The molecule has 1 aliphatic heterocycles. The molecule has 2 rings (SSSR count). The number of amides is 1. The average molecular weight is 267 g/mol. The molecule has 0 atom stereocenters. The van der Waals surface area contributed by atoms with Crippen LogP contribution in [0.5, 0.6) is 0 Å². The van der Waals surface area contributed by atoms with Gasteiger partial charge in [-0.25, -0.2) is 0 Å². The van der Waals surface area contributed by atoms with Crippen LogP contribution in [-0.4, -0.2) is 25.5 Å². The van der Waals surface area contributed by atoms with Crippen LogP contribution >= 0.6 is 11.6 Å². The Morgan fingerprint density at radius 1 is 1.44 bits per heavy atom. The topological polar surface area (TPSA) is 32.3 Å². The molecule has 0 saturated heterocycles. The Morgan fingerprint density at radius 2 is 2.17 bits per heavy atom. The predicted molar refractivity (Wildman–Crippen MR) is 75.3 cm³/mol. The summed E-state index contributed by atoms with van der Waals surface area (Å²) >= 11 is 5.66. The molecule has 1 amide bonds. The molecule has 0 saturated carbocycles. The van der Waals surface area contributed by atoms with Crippen molar-refractivity contribution < 1.29 is 4.79 Å². The van der Waals surface area contributed by atoms with Gasteiger partial charge in [-0.1, -0.05) is 26.0 Å². The second kappa shape index (κ2) is 4.90. The van der Waals surface area contributed by atoms with Gasteiger partial charge in [0.1, 0.15) is 0 Å². The van der Waals surface area contributed by atoms with Gasteiger partial charge in [-0.3, -0.25) is 4.79 Å². The first-order valence-corrected chi connectivity index (χ1v) is 6.66. The number of carbonyl (C=O) groups is 1. The smallest absolute Gasteiger partial charge is 0.231 e. The fourth-order valence-electron chi connectivity index (χ4n) is 2.35. The van der Waals surface area contributed by atoms with Crippen molar-refractivity contribution in [2.24, 2.45) is 0 Å². The number of hydrogen-bond donors (Lipinski definition) is 1. The summed E-state index contributed by atoms with van der Waals surface area (Å²) in [6.45, 7) is 5.17. The number of hydrogen-bond acceptors (Lipinski definition) is 2. The number of anilines is 1. The van der Waals surface area contributed by atoms with Crippen molar-refractivity contribution in [1.82, 2.24) is 5.32 Å². The van der Waals surface area contributed by atoms with Crippen molar-refractivity contribution in [1.29, 1.82) is 0 Å². The first-order chi connectivity index (χ1) is 8.45. The van der Waals surface area contributed by atoms with Crippen LogP contribution in [-0.2, 0) is 16.6 Å². The van der Waals surface area contributed by atoms with Gasteiger partial charge in [0.2, 0.25) is 5.91 Å². The van der Waals surface area contributed by atoms with E-state index in [2.05, 4.69) is 31.3 Å².